The van der Waals surface area contributed by atoms with Crippen molar-refractivity contribution in [3.63, 3.8) is 0 Å². The number of likely N-dealkylation sites (N-methyl/N-ethyl adjacent to an activating group) is 1. The van der Waals surface area contributed by atoms with Gasteiger partial charge in [0.25, 0.3) is 0 Å². The zero-order chi connectivity index (χ0) is 12.8. The van der Waals surface area contributed by atoms with Crippen molar-refractivity contribution in [3.8, 4) is 0 Å². The van der Waals surface area contributed by atoms with E-state index >= 15 is 0 Å². The molecule has 0 aliphatic heterocycles. The van der Waals surface area contributed by atoms with Crippen LogP contribution in [0.3, 0.4) is 0 Å². The lowest BCUT2D eigenvalue weighted by Gasteiger charge is -2.20. The van der Waals surface area contributed by atoms with E-state index < -0.39 is 0 Å². The van der Waals surface area contributed by atoms with Crippen molar-refractivity contribution in [2.45, 2.75) is 18.3 Å². The van der Waals surface area contributed by atoms with Crippen LogP contribution < -0.4 is 5.84 Å². The fraction of sp³-hybridized carbons (Fsp3) is 0.267. The molecule has 0 aromatic heterocycles. The van der Waals surface area contributed by atoms with Crippen molar-refractivity contribution < 1.29 is 4.79 Å². The van der Waals surface area contributed by atoms with Gasteiger partial charge >= 0.3 is 0 Å². The number of nitrogens with zero attached hydrogens (tertiary/aromatic N) is 1. The summed E-state index contributed by atoms with van der Waals surface area (Å²) in [6.45, 7) is 0. The molecule has 3 nitrogen and oxygen atoms in total. The maximum absolute atomic E-state index is 12.2. The molecule has 0 heterocycles. The van der Waals surface area contributed by atoms with Crippen molar-refractivity contribution >= 4 is 16.7 Å². The van der Waals surface area contributed by atoms with Gasteiger partial charge in [0.05, 0.1) is 5.41 Å². The number of carbonyl (C=O) groups is 1. The zero-order valence-corrected chi connectivity index (χ0v) is 10.4. The number of fused-ring (bicyclic) bond motifs is 1. The Kier molecular flexibility index (Phi) is 2.38. The molecule has 0 radical (unpaired) electrons. The zero-order valence-electron chi connectivity index (χ0n) is 10.4. The fourth-order valence-corrected chi connectivity index (χ4v) is 2.58. The van der Waals surface area contributed by atoms with E-state index in [-0.39, 0.29) is 11.3 Å². The quantitative estimate of drug-likeness (QED) is 0.497. The Bertz CT molecular complexity index is 615. The average molecular weight is 240 g/mol. The molecule has 3 heteroatoms. The van der Waals surface area contributed by atoms with Gasteiger partial charge in [0, 0.05) is 7.05 Å². The highest BCUT2D eigenvalue weighted by molar-refractivity contribution is 5.93. The molecule has 92 valence electrons. The van der Waals surface area contributed by atoms with Crippen molar-refractivity contribution in [1.82, 2.24) is 5.01 Å². The standard InChI is InChI=1S/C15H16N2O/c1-17(16)14(18)15(8-9-15)13-7-6-11-4-2-3-5-12(11)10-13/h2-7,10H,8-9,16H2,1H3. The van der Waals surface area contributed by atoms with Crippen LogP contribution in [0, 0.1) is 0 Å². The van der Waals surface area contributed by atoms with Crippen molar-refractivity contribution in [2.24, 2.45) is 5.84 Å². The summed E-state index contributed by atoms with van der Waals surface area (Å²) in [4.78, 5) is 12.2. The number of benzene rings is 2. The van der Waals surface area contributed by atoms with Gasteiger partial charge in [-0.05, 0) is 29.2 Å². The summed E-state index contributed by atoms with van der Waals surface area (Å²) < 4.78 is 0. The first-order chi connectivity index (χ1) is 8.63. The lowest BCUT2D eigenvalue weighted by atomic mass is 9.92. The average Bonchev–Trinajstić information content (AvgIpc) is 3.18. The van der Waals surface area contributed by atoms with Gasteiger partial charge in [0.1, 0.15) is 0 Å². The van der Waals surface area contributed by atoms with Crippen LogP contribution in [0.2, 0.25) is 0 Å². The van der Waals surface area contributed by atoms with E-state index in [0.29, 0.717) is 0 Å². The van der Waals surface area contributed by atoms with E-state index in [0.717, 1.165) is 18.4 Å². The molecule has 18 heavy (non-hydrogen) atoms. The van der Waals surface area contributed by atoms with Crippen LogP contribution >= 0.6 is 0 Å². The van der Waals surface area contributed by atoms with Crippen LogP contribution in [0.4, 0.5) is 0 Å². The number of hydrazine groups is 1. The largest absolute Gasteiger partial charge is 0.283 e. The van der Waals surface area contributed by atoms with E-state index in [4.69, 9.17) is 5.84 Å². The third-order valence-electron chi connectivity index (χ3n) is 3.78. The second kappa shape index (κ2) is 3.82. The van der Waals surface area contributed by atoms with Crippen molar-refractivity contribution in [1.29, 1.82) is 0 Å². The van der Waals surface area contributed by atoms with E-state index in [1.807, 2.05) is 12.1 Å². The minimum absolute atomic E-state index is 0.0118. The SMILES string of the molecule is CN(N)C(=O)C1(c2ccc3ccccc3c2)CC1. The first-order valence-electron chi connectivity index (χ1n) is 6.16. The van der Waals surface area contributed by atoms with Gasteiger partial charge in [-0.15, -0.1) is 0 Å². The third kappa shape index (κ3) is 1.59. The molecular formula is C15H16N2O. The highest BCUT2D eigenvalue weighted by atomic mass is 16.2. The minimum atomic E-state index is -0.368. The van der Waals surface area contributed by atoms with Crippen LogP contribution in [0.1, 0.15) is 18.4 Å². The van der Waals surface area contributed by atoms with Crippen LogP contribution in [-0.2, 0) is 10.2 Å². The van der Waals surface area contributed by atoms with Gasteiger partial charge in [-0.2, -0.15) is 0 Å². The first kappa shape index (κ1) is 11.2. The molecule has 1 amide bonds. The summed E-state index contributed by atoms with van der Waals surface area (Å²) in [5, 5.41) is 3.58. The molecule has 1 saturated carbocycles. The fourth-order valence-electron chi connectivity index (χ4n) is 2.58. The number of hydrogen-bond donors (Lipinski definition) is 1. The van der Waals surface area contributed by atoms with Gasteiger partial charge in [-0.1, -0.05) is 42.5 Å². The maximum Gasteiger partial charge on any atom is 0.246 e. The van der Waals surface area contributed by atoms with Gasteiger partial charge in [0.2, 0.25) is 5.91 Å². The normalized spacial score (nSPS) is 16.6. The summed E-state index contributed by atoms with van der Waals surface area (Å²) in [5.74, 6) is 5.61. The van der Waals surface area contributed by atoms with Crippen LogP contribution in [0.15, 0.2) is 42.5 Å². The second-order valence-corrected chi connectivity index (χ2v) is 5.06. The first-order valence-corrected chi connectivity index (χ1v) is 6.16. The van der Waals surface area contributed by atoms with E-state index in [1.54, 1.807) is 7.05 Å². The Labute approximate surface area is 106 Å². The van der Waals surface area contributed by atoms with Gasteiger partial charge in [-0.25, -0.2) is 5.84 Å². The van der Waals surface area contributed by atoms with Crippen LogP contribution in [0.5, 0.6) is 0 Å². The monoisotopic (exact) mass is 240 g/mol. The van der Waals surface area contributed by atoms with Crippen LogP contribution in [0.25, 0.3) is 10.8 Å². The molecule has 0 bridgehead atoms. The van der Waals surface area contributed by atoms with Crippen LogP contribution in [-0.4, -0.2) is 18.0 Å². The molecule has 0 atom stereocenters. The van der Waals surface area contributed by atoms with E-state index in [2.05, 4.69) is 30.3 Å². The molecule has 1 aliphatic carbocycles. The third-order valence-corrected chi connectivity index (χ3v) is 3.78. The molecule has 1 aliphatic rings. The molecule has 2 aromatic rings. The summed E-state index contributed by atoms with van der Waals surface area (Å²) >= 11 is 0. The number of hydrogen-bond acceptors (Lipinski definition) is 2. The smallest absolute Gasteiger partial charge is 0.246 e. The van der Waals surface area contributed by atoms with Gasteiger partial charge in [0.15, 0.2) is 0 Å². The predicted octanol–water partition coefficient (Wildman–Crippen LogP) is 2.20. The van der Waals surface area contributed by atoms with Gasteiger partial charge in [-0.3, -0.25) is 9.80 Å². The highest BCUT2D eigenvalue weighted by Crippen LogP contribution is 2.49. The van der Waals surface area contributed by atoms with Gasteiger partial charge < -0.3 is 0 Å². The van der Waals surface area contributed by atoms with Crippen molar-refractivity contribution in [3.05, 3.63) is 48.0 Å². The number of amides is 1. The lowest BCUT2D eigenvalue weighted by molar-refractivity contribution is -0.132. The molecular weight excluding hydrogens is 224 g/mol. The van der Waals surface area contributed by atoms with Crippen molar-refractivity contribution in [2.75, 3.05) is 7.05 Å². The minimum Gasteiger partial charge on any atom is -0.283 e. The molecule has 3 rings (SSSR count). The topological polar surface area (TPSA) is 46.3 Å². The Hall–Kier alpha value is -1.87. The summed E-state index contributed by atoms with van der Waals surface area (Å²) in [7, 11) is 1.61. The summed E-state index contributed by atoms with van der Waals surface area (Å²) in [5.41, 5.74) is 0.719. The molecule has 1 fully saturated rings. The maximum atomic E-state index is 12.2. The highest BCUT2D eigenvalue weighted by Gasteiger charge is 2.52. The summed E-state index contributed by atoms with van der Waals surface area (Å²) in [6, 6.07) is 14.4. The molecule has 0 spiro atoms. The van der Waals surface area contributed by atoms with E-state index in [9.17, 15) is 4.79 Å². The number of nitrogens with two attached hydrogens (primary N) is 1. The molecule has 0 saturated heterocycles. The number of carbonyl (C=O) groups excluding carboxylic acids is 1. The van der Waals surface area contributed by atoms with E-state index in [1.165, 1.54) is 15.8 Å². The molecule has 0 unspecified atom stereocenters. The molecule has 2 aromatic carbocycles. The predicted molar refractivity (Wildman–Crippen MR) is 71.8 cm³/mol. The Morgan fingerprint density at radius 2 is 1.83 bits per heavy atom. The lowest BCUT2D eigenvalue weighted by Crippen LogP contribution is -2.41. The Morgan fingerprint density at radius 3 is 2.44 bits per heavy atom. The Balaban J connectivity index is 2.07. The second-order valence-electron chi connectivity index (χ2n) is 5.06. The number of rotatable bonds is 2. The molecule has 2 N–H and O–H groups in total. The Morgan fingerprint density at radius 1 is 1.17 bits per heavy atom. The summed E-state index contributed by atoms with van der Waals surface area (Å²) in [6.07, 6.45) is 1.79.